The Bertz CT molecular complexity index is 652. The predicted molar refractivity (Wildman–Crippen MR) is 79.8 cm³/mol. The Morgan fingerprint density at radius 2 is 2.20 bits per heavy atom. The highest BCUT2D eigenvalue weighted by Crippen LogP contribution is 2.47. The Labute approximate surface area is 144 Å². The van der Waals surface area contributed by atoms with Gasteiger partial charge in [-0.25, -0.2) is 10.3 Å². The number of nitrogens with two attached hydrogens (primary N) is 1. The molecule has 2 atom stereocenters. The molecule has 0 saturated carbocycles. The van der Waals surface area contributed by atoms with Crippen molar-refractivity contribution < 1.29 is 36.4 Å². The Hall–Kier alpha value is -1.51. The molecule has 1 spiro atoms. The number of urea groups is 1. The van der Waals surface area contributed by atoms with E-state index in [-0.39, 0.29) is 32.8 Å². The molecule has 3 fully saturated rings. The number of rotatable bonds is 7. The van der Waals surface area contributed by atoms with Crippen molar-refractivity contribution in [2.45, 2.75) is 24.9 Å². The third kappa shape index (κ3) is 3.43. The second-order valence-corrected chi connectivity index (χ2v) is 7.32. The van der Waals surface area contributed by atoms with Crippen molar-refractivity contribution in [1.29, 1.82) is 0 Å². The van der Waals surface area contributed by atoms with E-state index in [0.29, 0.717) is 18.0 Å². The van der Waals surface area contributed by atoms with Crippen molar-refractivity contribution >= 4 is 22.3 Å². The number of nitrogens with zero attached hydrogens (tertiary/aromatic N) is 2. The van der Waals surface area contributed by atoms with Gasteiger partial charge in [0.05, 0.1) is 25.9 Å². The van der Waals surface area contributed by atoms with Gasteiger partial charge in [-0.15, -0.1) is 4.28 Å². The van der Waals surface area contributed by atoms with Crippen LogP contribution in [0.15, 0.2) is 0 Å². The molecule has 0 aliphatic carbocycles. The van der Waals surface area contributed by atoms with Crippen molar-refractivity contribution in [1.82, 2.24) is 15.4 Å². The molecule has 2 bridgehead atoms. The van der Waals surface area contributed by atoms with E-state index in [4.69, 9.17) is 19.9 Å². The van der Waals surface area contributed by atoms with Crippen LogP contribution in [0.4, 0.5) is 4.79 Å². The molecule has 142 valence electrons. The lowest BCUT2D eigenvalue weighted by Gasteiger charge is -2.50. The Balaban J connectivity index is 1.75. The zero-order valence-corrected chi connectivity index (χ0v) is 14.1. The molecular weight excluding hydrogens is 360 g/mol. The SMILES string of the molecule is NCCCONC(=O)[C@@H]1CC2(COC2)[C@@H]2CN1C(=O)N2OS(=O)(=O)O. The number of hydroxylamine groups is 3. The normalized spacial score (nSPS) is 27.5. The van der Waals surface area contributed by atoms with Crippen LogP contribution in [0.5, 0.6) is 0 Å². The van der Waals surface area contributed by atoms with Crippen molar-refractivity contribution in [2.24, 2.45) is 11.1 Å². The monoisotopic (exact) mass is 380 g/mol. The summed E-state index contributed by atoms with van der Waals surface area (Å²) in [5, 5.41) is 0.612. The van der Waals surface area contributed by atoms with Gasteiger partial charge in [-0.2, -0.15) is 13.5 Å². The average molecular weight is 380 g/mol. The van der Waals surface area contributed by atoms with E-state index in [2.05, 4.69) is 9.76 Å². The molecular formula is C12H20N4O8S. The number of hydrogen-bond donors (Lipinski definition) is 3. The van der Waals surface area contributed by atoms with Crippen LogP contribution in [0, 0.1) is 5.41 Å². The average Bonchev–Trinajstić information content (AvgIpc) is 2.76. The highest BCUT2D eigenvalue weighted by molar-refractivity contribution is 7.80. The van der Waals surface area contributed by atoms with Gasteiger partial charge in [0.2, 0.25) is 0 Å². The standard InChI is InChI=1S/C12H20N4O8S/c13-2-1-3-23-14-10(17)8-4-12(6-22-7-12)9-5-15(8)11(18)16(9)24-25(19,20)21/h8-9H,1-7,13H2,(H,14,17)(H,19,20,21)/t8-,9-/m0/s1. The summed E-state index contributed by atoms with van der Waals surface area (Å²) >= 11 is 0. The molecule has 3 aliphatic rings. The summed E-state index contributed by atoms with van der Waals surface area (Å²) in [6.45, 7) is 1.23. The minimum Gasteiger partial charge on any atom is -0.380 e. The maximum atomic E-state index is 12.5. The van der Waals surface area contributed by atoms with E-state index in [1.807, 2.05) is 0 Å². The zero-order valence-electron chi connectivity index (χ0n) is 13.3. The lowest BCUT2D eigenvalue weighted by atomic mass is 9.71. The number of nitrogens with one attached hydrogen (secondary N) is 1. The van der Waals surface area contributed by atoms with Crippen molar-refractivity contribution in [3.05, 3.63) is 0 Å². The van der Waals surface area contributed by atoms with Gasteiger partial charge in [-0.1, -0.05) is 0 Å². The molecule has 25 heavy (non-hydrogen) atoms. The van der Waals surface area contributed by atoms with Gasteiger partial charge in [-0.3, -0.25) is 14.2 Å². The van der Waals surface area contributed by atoms with Crippen molar-refractivity contribution in [3.8, 4) is 0 Å². The first-order valence-corrected chi connectivity index (χ1v) is 9.10. The molecule has 0 unspecified atom stereocenters. The fourth-order valence-corrected chi connectivity index (χ4v) is 3.74. The quantitative estimate of drug-likeness (QED) is 0.258. The number of piperidine rings is 1. The smallest absolute Gasteiger partial charge is 0.380 e. The van der Waals surface area contributed by atoms with Gasteiger partial charge in [0.15, 0.2) is 0 Å². The summed E-state index contributed by atoms with van der Waals surface area (Å²) in [7, 11) is -4.87. The van der Waals surface area contributed by atoms with E-state index in [0.717, 1.165) is 0 Å². The highest BCUT2D eigenvalue weighted by Gasteiger charge is 2.63. The van der Waals surface area contributed by atoms with E-state index >= 15 is 0 Å². The molecule has 13 heteroatoms. The molecule has 0 radical (unpaired) electrons. The number of ether oxygens (including phenoxy) is 1. The first-order chi connectivity index (χ1) is 11.8. The van der Waals surface area contributed by atoms with Crippen LogP contribution in [0.2, 0.25) is 0 Å². The van der Waals surface area contributed by atoms with E-state index in [1.165, 1.54) is 4.90 Å². The van der Waals surface area contributed by atoms with Crippen LogP contribution in [0.3, 0.4) is 0 Å². The molecule has 3 rings (SSSR count). The minimum atomic E-state index is -4.87. The van der Waals surface area contributed by atoms with Gasteiger partial charge < -0.3 is 15.4 Å². The summed E-state index contributed by atoms with van der Waals surface area (Å²) < 4.78 is 40.6. The summed E-state index contributed by atoms with van der Waals surface area (Å²) in [6.07, 6.45) is 0.824. The molecule has 3 heterocycles. The predicted octanol–water partition coefficient (Wildman–Crippen LogP) is -1.99. The van der Waals surface area contributed by atoms with Crippen LogP contribution >= 0.6 is 0 Å². The minimum absolute atomic E-state index is 0.0819. The van der Waals surface area contributed by atoms with Gasteiger partial charge >= 0.3 is 16.4 Å². The third-order valence-electron chi connectivity index (χ3n) is 4.65. The molecule has 3 aliphatic heterocycles. The molecule has 3 amide bonds. The summed E-state index contributed by atoms with van der Waals surface area (Å²) in [5.41, 5.74) is 7.00. The second-order valence-electron chi connectivity index (χ2n) is 6.31. The maximum Gasteiger partial charge on any atom is 0.418 e. The third-order valence-corrected chi connectivity index (χ3v) is 5.00. The fourth-order valence-electron chi connectivity index (χ4n) is 3.37. The van der Waals surface area contributed by atoms with Crippen LogP contribution in [-0.4, -0.2) is 79.9 Å². The van der Waals surface area contributed by atoms with Gasteiger partial charge in [0, 0.05) is 12.0 Å². The second kappa shape index (κ2) is 6.66. The van der Waals surface area contributed by atoms with E-state index < -0.39 is 39.8 Å². The zero-order chi connectivity index (χ0) is 18.2. The Morgan fingerprint density at radius 1 is 1.48 bits per heavy atom. The van der Waals surface area contributed by atoms with Crippen LogP contribution in [-0.2, 0) is 29.1 Å². The number of carbonyl (C=O) groups is 2. The first-order valence-electron chi connectivity index (χ1n) is 7.74. The van der Waals surface area contributed by atoms with Gasteiger partial charge in [-0.05, 0) is 19.4 Å². The highest BCUT2D eigenvalue weighted by atomic mass is 32.3. The maximum absolute atomic E-state index is 12.5. The largest absolute Gasteiger partial charge is 0.418 e. The number of carbonyl (C=O) groups excluding carboxylic acids is 2. The van der Waals surface area contributed by atoms with Crippen LogP contribution in [0.1, 0.15) is 12.8 Å². The molecule has 0 aromatic heterocycles. The van der Waals surface area contributed by atoms with Crippen LogP contribution in [0.25, 0.3) is 0 Å². The number of fused-ring (bicyclic) bond motifs is 3. The van der Waals surface area contributed by atoms with Crippen molar-refractivity contribution in [3.63, 3.8) is 0 Å². The summed E-state index contributed by atoms with van der Waals surface area (Å²) in [5.74, 6) is -0.524. The Kier molecular flexibility index (Phi) is 4.87. The lowest BCUT2D eigenvalue weighted by Crippen LogP contribution is -2.63. The lowest BCUT2D eigenvalue weighted by molar-refractivity contribution is -0.194. The van der Waals surface area contributed by atoms with Gasteiger partial charge in [0.1, 0.15) is 6.04 Å². The molecule has 4 N–H and O–H groups in total. The number of hydrogen-bond acceptors (Lipinski definition) is 8. The van der Waals surface area contributed by atoms with Crippen LogP contribution < -0.4 is 11.2 Å². The molecule has 0 aromatic rings. The van der Waals surface area contributed by atoms with E-state index in [1.54, 1.807) is 0 Å². The number of amides is 3. The Morgan fingerprint density at radius 3 is 2.76 bits per heavy atom. The van der Waals surface area contributed by atoms with E-state index in [9.17, 15) is 18.0 Å². The van der Waals surface area contributed by atoms with Gasteiger partial charge in [0.25, 0.3) is 5.91 Å². The fraction of sp³-hybridized carbons (Fsp3) is 0.833. The molecule has 3 saturated heterocycles. The molecule has 12 nitrogen and oxygen atoms in total. The topological polar surface area (TPSA) is 161 Å². The first kappa shape index (κ1) is 18.3. The van der Waals surface area contributed by atoms with Crippen molar-refractivity contribution in [2.75, 3.05) is 32.9 Å². The molecule has 0 aromatic carbocycles. The summed E-state index contributed by atoms with van der Waals surface area (Å²) in [4.78, 5) is 31.1. The summed E-state index contributed by atoms with van der Waals surface area (Å²) in [6, 6.07) is -2.31.